The van der Waals surface area contributed by atoms with Crippen LogP contribution in [0.1, 0.15) is 32.6 Å². The molecule has 19 heavy (non-hydrogen) atoms. The van der Waals surface area contributed by atoms with Gasteiger partial charge in [0.25, 0.3) is 0 Å². The number of benzene rings is 2. The van der Waals surface area contributed by atoms with Crippen LogP contribution in [-0.4, -0.2) is 16.5 Å². The van der Waals surface area contributed by atoms with Crippen molar-refractivity contribution in [2.45, 2.75) is 20.3 Å². The molecule has 0 heterocycles. The van der Waals surface area contributed by atoms with E-state index >= 15 is 0 Å². The molecule has 2 rings (SSSR count). The molecule has 0 aromatic heterocycles. The second-order valence-corrected chi connectivity index (χ2v) is 4.79. The Bertz CT molecular complexity index is 630. The molecule has 0 aliphatic rings. The maximum atomic E-state index is 10.9. The first-order valence-corrected chi connectivity index (χ1v) is 6.07. The Morgan fingerprint density at radius 2 is 1.68 bits per heavy atom. The molecule has 3 nitrogen and oxygen atoms in total. The molecule has 0 bridgehead atoms. The summed E-state index contributed by atoms with van der Waals surface area (Å²) in [5, 5.41) is 19.9. The molecule has 0 radical (unpaired) electrons. The quantitative estimate of drug-likeness (QED) is 0.829. The van der Waals surface area contributed by atoms with Gasteiger partial charge >= 0.3 is 0 Å². The maximum Gasteiger partial charge on any atom is 0.153 e. The van der Waals surface area contributed by atoms with E-state index in [2.05, 4.69) is 0 Å². The van der Waals surface area contributed by atoms with E-state index in [1.54, 1.807) is 12.1 Å². The highest BCUT2D eigenvalue weighted by Gasteiger charge is 2.11. The first kappa shape index (κ1) is 13.1. The number of carbonyl (C=O) groups is 1. The molecule has 2 N–H and O–H groups in total. The predicted molar refractivity (Wildman–Crippen MR) is 73.9 cm³/mol. The third-order valence-electron chi connectivity index (χ3n) is 3.11. The van der Waals surface area contributed by atoms with Gasteiger partial charge in [-0.05, 0) is 42.7 Å². The van der Waals surface area contributed by atoms with Crippen LogP contribution in [0, 0.1) is 13.8 Å². The molecule has 0 unspecified atom stereocenters. The molecule has 0 aliphatic heterocycles. The van der Waals surface area contributed by atoms with Gasteiger partial charge in [-0.1, -0.05) is 23.8 Å². The fraction of sp³-hybridized carbons (Fsp3) is 0.188. The van der Waals surface area contributed by atoms with Gasteiger partial charge < -0.3 is 10.2 Å². The Balaban J connectivity index is 2.46. The van der Waals surface area contributed by atoms with Crippen LogP contribution in [0.3, 0.4) is 0 Å². The summed E-state index contributed by atoms with van der Waals surface area (Å²) in [6.45, 7) is 3.81. The van der Waals surface area contributed by atoms with E-state index in [-0.39, 0.29) is 17.1 Å². The summed E-state index contributed by atoms with van der Waals surface area (Å²) in [6.07, 6.45) is 1.03. The standard InChI is InChI=1S/C16H16O3/c1-10-3-4-15(18)12(5-10)8-13-6-11(2)7-14(9-17)16(13)19/h3-7,9,18-19H,8H2,1-2H3. The molecule has 0 atom stereocenters. The van der Waals surface area contributed by atoms with E-state index < -0.39 is 0 Å². The van der Waals surface area contributed by atoms with Crippen LogP contribution >= 0.6 is 0 Å². The lowest BCUT2D eigenvalue weighted by atomic mass is 9.97. The monoisotopic (exact) mass is 256 g/mol. The Morgan fingerprint density at radius 1 is 1.00 bits per heavy atom. The van der Waals surface area contributed by atoms with Crippen molar-refractivity contribution in [3.05, 3.63) is 58.1 Å². The zero-order valence-electron chi connectivity index (χ0n) is 11.0. The fourth-order valence-electron chi connectivity index (χ4n) is 2.17. The van der Waals surface area contributed by atoms with Crippen molar-refractivity contribution in [2.75, 3.05) is 0 Å². The number of aldehydes is 1. The Kier molecular flexibility index (Phi) is 3.56. The summed E-state index contributed by atoms with van der Waals surface area (Å²) < 4.78 is 0. The SMILES string of the molecule is Cc1ccc(O)c(Cc2cc(C)cc(C=O)c2O)c1. The van der Waals surface area contributed by atoms with E-state index in [0.29, 0.717) is 18.3 Å². The Morgan fingerprint density at radius 3 is 2.37 bits per heavy atom. The highest BCUT2D eigenvalue weighted by atomic mass is 16.3. The Hall–Kier alpha value is -2.29. The minimum atomic E-state index is -0.0125. The van der Waals surface area contributed by atoms with E-state index in [1.165, 1.54) is 0 Å². The van der Waals surface area contributed by atoms with Crippen molar-refractivity contribution in [1.29, 1.82) is 0 Å². The highest BCUT2D eigenvalue weighted by molar-refractivity contribution is 5.80. The zero-order chi connectivity index (χ0) is 14.0. The molecular formula is C16H16O3. The summed E-state index contributed by atoms with van der Waals surface area (Å²) in [6, 6.07) is 8.80. The van der Waals surface area contributed by atoms with Gasteiger partial charge in [-0.25, -0.2) is 0 Å². The number of hydrogen-bond acceptors (Lipinski definition) is 3. The molecule has 0 spiro atoms. The number of carbonyl (C=O) groups excluding carboxylic acids is 1. The first-order valence-electron chi connectivity index (χ1n) is 6.07. The number of aromatic hydroxyl groups is 2. The van der Waals surface area contributed by atoms with E-state index in [0.717, 1.165) is 16.7 Å². The van der Waals surface area contributed by atoms with E-state index in [1.807, 2.05) is 32.0 Å². The van der Waals surface area contributed by atoms with Crippen LogP contribution in [0.2, 0.25) is 0 Å². The van der Waals surface area contributed by atoms with Crippen molar-refractivity contribution in [3.8, 4) is 11.5 Å². The van der Waals surface area contributed by atoms with Gasteiger partial charge in [0, 0.05) is 6.42 Å². The van der Waals surface area contributed by atoms with Gasteiger partial charge in [0.05, 0.1) is 5.56 Å². The number of phenols is 2. The van der Waals surface area contributed by atoms with Crippen LogP contribution < -0.4 is 0 Å². The summed E-state index contributed by atoms with van der Waals surface area (Å²) >= 11 is 0. The lowest BCUT2D eigenvalue weighted by molar-refractivity contribution is 0.112. The lowest BCUT2D eigenvalue weighted by Gasteiger charge is -2.10. The minimum Gasteiger partial charge on any atom is -0.508 e. The van der Waals surface area contributed by atoms with Gasteiger partial charge in [0.15, 0.2) is 6.29 Å². The second-order valence-electron chi connectivity index (χ2n) is 4.79. The average Bonchev–Trinajstić information content (AvgIpc) is 2.37. The number of rotatable bonds is 3. The third-order valence-corrected chi connectivity index (χ3v) is 3.11. The van der Waals surface area contributed by atoms with Gasteiger partial charge in [0.2, 0.25) is 0 Å². The molecule has 0 aliphatic carbocycles. The lowest BCUT2D eigenvalue weighted by Crippen LogP contribution is -1.95. The molecular weight excluding hydrogens is 240 g/mol. The largest absolute Gasteiger partial charge is 0.508 e. The summed E-state index contributed by atoms with van der Waals surface area (Å²) in [5.41, 5.74) is 3.60. The van der Waals surface area contributed by atoms with Crippen molar-refractivity contribution >= 4 is 6.29 Å². The Labute approximate surface area is 112 Å². The highest BCUT2D eigenvalue weighted by Crippen LogP contribution is 2.29. The van der Waals surface area contributed by atoms with Gasteiger partial charge in [-0.2, -0.15) is 0 Å². The normalized spacial score (nSPS) is 10.4. The summed E-state index contributed by atoms with van der Waals surface area (Å²) in [4.78, 5) is 10.9. The van der Waals surface area contributed by atoms with Crippen LogP contribution in [0.5, 0.6) is 11.5 Å². The molecule has 0 amide bonds. The minimum absolute atomic E-state index is 0.0125. The molecule has 98 valence electrons. The first-order chi connectivity index (χ1) is 9.01. The summed E-state index contributed by atoms with van der Waals surface area (Å²) in [5.74, 6) is 0.181. The molecule has 2 aromatic carbocycles. The summed E-state index contributed by atoms with van der Waals surface area (Å²) in [7, 11) is 0. The van der Waals surface area contributed by atoms with E-state index in [9.17, 15) is 15.0 Å². The molecule has 0 saturated carbocycles. The van der Waals surface area contributed by atoms with E-state index in [4.69, 9.17) is 0 Å². The van der Waals surface area contributed by atoms with Crippen LogP contribution in [0.15, 0.2) is 30.3 Å². The fourth-order valence-corrected chi connectivity index (χ4v) is 2.17. The number of phenolic OH excluding ortho intramolecular Hbond substituents is 2. The number of aryl methyl sites for hydroxylation is 2. The molecule has 2 aromatic rings. The van der Waals surface area contributed by atoms with Gasteiger partial charge in [-0.15, -0.1) is 0 Å². The topological polar surface area (TPSA) is 57.5 Å². The van der Waals surface area contributed by atoms with Gasteiger partial charge in [-0.3, -0.25) is 4.79 Å². The predicted octanol–water partition coefficient (Wildman–Crippen LogP) is 3.12. The molecule has 0 fully saturated rings. The maximum absolute atomic E-state index is 10.9. The van der Waals surface area contributed by atoms with Crippen LogP contribution in [-0.2, 0) is 6.42 Å². The van der Waals surface area contributed by atoms with Crippen LogP contribution in [0.4, 0.5) is 0 Å². The van der Waals surface area contributed by atoms with Crippen molar-refractivity contribution < 1.29 is 15.0 Å². The van der Waals surface area contributed by atoms with Crippen molar-refractivity contribution in [3.63, 3.8) is 0 Å². The van der Waals surface area contributed by atoms with Crippen molar-refractivity contribution in [1.82, 2.24) is 0 Å². The molecule has 3 heteroatoms. The van der Waals surface area contributed by atoms with Gasteiger partial charge in [0.1, 0.15) is 11.5 Å². The van der Waals surface area contributed by atoms with Crippen molar-refractivity contribution in [2.24, 2.45) is 0 Å². The van der Waals surface area contributed by atoms with Crippen LogP contribution in [0.25, 0.3) is 0 Å². The zero-order valence-corrected chi connectivity index (χ0v) is 11.0. The average molecular weight is 256 g/mol. The number of hydrogen-bond donors (Lipinski definition) is 2. The molecule has 0 saturated heterocycles. The smallest absolute Gasteiger partial charge is 0.153 e. The second kappa shape index (κ2) is 5.14. The third kappa shape index (κ3) is 2.76.